The molecule has 4 atom stereocenters. The summed E-state index contributed by atoms with van der Waals surface area (Å²) in [4.78, 5) is 0. The minimum Gasteiger partial charge on any atom is -0.344 e. The smallest absolute Gasteiger partial charge is 0.164 e. The number of ether oxygens (including phenoxy) is 2. The van der Waals surface area contributed by atoms with Gasteiger partial charge in [0.15, 0.2) is 5.79 Å². The lowest BCUT2D eigenvalue weighted by Crippen LogP contribution is -2.66. The van der Waals surface area contributed by atoms with Gasteiger partial charge in [0.05, 0.1) is 6.10 Å². The van der Waals surface area contributed by atoms with Crippen LogP contribution in [0.25, 0.3) is 0 Å². The number of rotatable bonds is 2. The SMILES string of the molecule is CC1(C)O[C@H]2C[C@H]3C[C@H](C3(C)C)[C@@]2(CCCl)O1. The largest absolute Gasteiger partial charge is 0.344 e. The van der Waals surface area contributed by atoms with Crippen molar-refractivity contribution < 1.29 is 9.47 Å². The summed E-state index contributed by atoms with van der Waals surface area (Å²) in [6, 6.07) is 0. The fraction of sp³-hybridized carbons (Fsp3) is 1.00. The monoisotopic (exact) mass is 258 g/mol. The van der Waals surface area contributed by atoms with E-state index in [2.05, 4.69) is 13.8 Å². The zero-order valence-electron chi connectivity index (χ0n) is 11.3. The van der Waals surface area contributed by atoms with Crippen molar-refractivity contribution >= 4 is 11.6 Å². The molecule has 17 heavy (non-hydrogen) atoms. The molecule has 3 heteroatoms. The van der Waals surface area contributed by atoms with Crippen LogP contribution in [0.2, 0.25) is 0 Å². The Kier molecular flexibility index (Phi) is 2.45. The maximum absolute atomic E-state index is 6.36. The molecule has 3 aliphatic carbocycles. The van der Waals surface area contributed by atoms with Crippen LogP contribution >= 0.6 is 11.6 Å². The molecule has 1 saturated heterocycles. The molecule has 4 fully saturated rings. The molecule has 0 aromatic heterocycles. The van der Waals surface area contributed by atoms with Crippen molar-refractivity contribution in [3.8, 4) is 0 Å². The Morgan fingerprint density at radius 3 is 2.47 bits per heavy atom. The molecule has 0 radical (unpaired) electrons. The third-order valence-corrected chi connectivity index (χ3v) is 5.64. The quantitative estimate of drug-likeness (QED) is 0.705. The summed E-state index contributed by atoms with van der Waals surface area (Å²) in [6.45, 7) is 8.83. The maximum Gasteiger partial charge on any atom is 0.164 e. The Morgan fingerprint density at radius 1 is 1.18 bits per heavy atom. The highest BCUT2D eigenvalue weighted by Gasteiger charge is 2.70. The number of hydrogen-bond donors (Lipinski definition) is 0. The van der Waals surface area contributed by atoms with Crippen molar-refractivity contribution in [2.75, 3.05) is 5.88 Å². The van der Waals surface area contributed by atoms with E-state index in [1.807, 2.05) is 13.8 Å². The molecule has 4 rings (SSSR count). The van der Waals surface area contributed by atoms with E-state index < -0.39 is 5.79 Å². The van der Waals surface area contributed by atoms with Crippen LogP contribution < -0.4 is 0 Å². The molecular formula is C14H23ClO2. The fourth-order valence-corrected chi connectivity index (χ4v) is 4.87. The highest BCUT2D eigenvalue weighted by molar-refractivity contribution is 6.17. The minimum absolute atomic E-state index is 0.122. The van der Waals surface area contributed by atoms with E-state index in [0.717, 1.165) is 18.8 Å². The van der Waals surface area contributed by atoms with E-state index in [9.17, 15) is 0 Å². The zero-order chi connectivity index (χ0) is 12.5. The van der Waals surface area contributed by atoms with Crippen LogP contribution in [0.4, 0.5) is 0 Å². The highest BCUT2D eigenvalue weighted by Crippen LogP contribution is 2.67. The third kappa shape index (κ3) is 1.47. The summed E-state index contributed by atoms with van der Waals surface area (Å²) in [5, 5.41) is 0. The second-order valence-electron chi connectivity index (χ2n) is 7.04. The molecule has 0 unspecified atom stereocenters. The first-order valence-electron chi connectivity index (χ1n) is 6.76. The van der Waals surface area contributed by atoms with Crippen molar-refractivity contribution in [3.05, 3.63) is 0 Å². The Balaban J connectivity index is 1.96. The molecular weight excluding hydrogens is 236 g/mol. The van der Waals surface area contributed by atoms with Crippen molar-refractivity contribution in [2.24, 2.45) is 17.3 Å². The fourth-order valence-electron chi connectivity index (χ4n) is 4.57. The summed E-state index contributed by atoms with van der Waals surface area (Å²) in [5.41, 5.74) is 0.274. The second-order valence-corrected chi connectivity index (χ2v) is 7.42. The van der Waals surface area contributed by atoms with Gasteiger partial charge < -0.3 is 9.47 Å². The molecule has 0 N–H and O–H groups in total. The first kappa shape index (κ1) is 12.3. The van der Waals surface area contributed by atoms with Crippen LogP contribution in [-0.4, -0.2) is 23.4 Å². The van der Waals surface area contributed by atoms with Gasteiger partial charge in [-0.1, -0.05) is 13.8 Å². The zero-order valence-corrected chi connectivity index (χ0v) is 12.0. The normalized spacial score (nSPS) is 49.6. The average Bonchev–Trinajstić information content (AvgIpc) is 2.47. The van der Waals surface area contributed by atoms with Crippen molar-refractivity contribution in [1.29, 1.82) is 0 Å². The van der Waals surface area contributed by atoms with E-state index >= 15 is 0 Å². The first-order chi connectivity index (χ1) is 7.82. The average molecular weight is 259 g/mol. The van der Waals surface area contributed by atoms with Crippen LogP contribution in [0, 0.1) is 17.3 Å². The number of alkyl halides is 1. The van der Waals surface area contributed by atoms with Gasteiger partial charge in [0.25, 0.3) is 0 Å². The molecule has 2 bridgehead atoms. The Labute approximate surface area is 109 Å². The Bertz CT molecular complexity index is 339. The lowest BCUT2D eigenvalue weighted by molar-refractivity contribution is -0.229. The first-order valence-corrected chi connectivity index (χ1v) is 7.29. The molecule has 4 aliphatic rings. The van der Waals surface area contributed by atoms with Gasteiger partial charge >= 0.3 is 0 Å². The summed E-state index contributed by atoms with van der Waals surface area (Å²) in [7, 11) is 0. The standard InChI is InChI=1S/C14H23ClO2/c1-12(2)9-7-10(12)14(5-6-15)11(8-9)16-13(3,4)17-14/h9-11H,5-8H2,1-4H3/t9-,10-,11+,14-/m1/s1. The lowest BCUT2D eigenvalue weighted by atomic mass is 9.43. The minimum atomic E-state index is -0.440. The van der Waals surface area contributed by atoms with Crippen molar-refractivity contribution in [1.82, 2.24) is 0 Å². The van der Waals surface area contributed by atoms with Crippen LogP contribution in [0.15, 0.2) is 0 Å². The molecule has 3 saturated carbocycles. The summed E-state index contributed by atoms with van der Waals surface area (Å²) in [6.07, 6.45) is 3.61. The van der Waals surface area contributed by atoms with Gasteiger partial charge in [-0.05, 0) is 50.4 Å². The summed E-state index contributed by atoms with van der Waals surface area (Å²) >= 11 is 6.03. The van der Waals surface area contributed by atoms with Crippen LogP contribution in [-0.2, 0) is 9.47 Å². The number of hydrogen-bond acceptors (Lipinski definition) is 2. The van der Waals surface area contributed by atoms with Crippen molar-refractivity contribution in [2.45, 2.75) is 64.4 Å². The van der Waals surface area contributed by atoms with Gasteiger partial charge in [-0.2, -0.15) is 0 Å². The maximum atomic E-state index is 6.36. The van der Waals surface area contributed by atoms with Gasteiger partial charge in [-0.25, -0.2) is 0 Å². The Morgan fingerprint density at radius 2 is 1.88 bits per heavy atom. The predicted molar refractivity (Wildman–Crippen MR) is 68.1 cm³/mol. The van der Waals surface area contributed by atoms with Gasteiger partial charge in [0.2, 0.25) is 0 Å². The van der Waals surface area contributed by atoms with Gasteiger partial charge in [-0.3, -0.25) is 0 Å². The highest BCUT2D eigenvalue weighted by atomic mass is 35.5. The van der Waals surface area contributed by atoms with E-state index in [1.165, 1.54) is 6.42 Å². The van der Waals surface area contributed by atoms with E-state index in [4.69, 9.17) is 21.1 Å². The molecule has 1 aliphatic heterocycles. The number of halogens is 1. The molecule has 98 valence electrons. The lowest BCUT2D eigenvalue weighted by Gasteiger charge is -2.64. The molecule has 0 aromatic carbocycles. The molecule has 0 aromatic rings. The van der Waals surface area contributed by atoms with Gasteiger partial charge in [0.1, 0.15) is 5.60 Å². The van der Waals surface area contributed by atoms with Crippen LogP contribution in [0.1, 0.15) is 47.0 Å². The predicted octanol–water partition coefficient (Wildman–Crippen LogP) is 3.57. The van der Waals surface area contributed by atoms with Gasteiger partial charge in [0, 0.05) is 5.88 Å². The van der Waals surface area contributed by atoms with E-state index in [1.54, 1.807) is 0 Å². The van der Waals surface area contributed by atoms with Gasteiger partial charge in [-0.15, -0.1) is 11.6 Å². The molecule has 2 nitrogen and oxygen atoms in total. The molecule has 0 spiro atoms. The summed E-state index contributed by atoms with van der Waals surface area (Å²) < 4.78 is 12.5. The topological polar surface area (TPSA) is 18.5 Å². The second kappa shape index (κ2) is 3.40. The third-order valence-electron chi connectivity index (χ3n) is 5.45. The molecule has 1 heterocycles. The van der Waals surface area contributed by atoms with E-state index in [0.29, 0.717) is 17.2 Å². The Hall–Kier alpha value is 0.210. The van der Waals surface area contributed by atoms with Crippen molar-refractivity contribution in [3.63, 3.8) is 0 Å². The molecule has 0 amide bonds. The van der Waals surface area contributed by atoms with Crippen LogP contribution in [0.3, 0.4) is 0 Å². The summed E-state index contributed by atoms with van der Waals surface area (Å²) in [5.74, 6) is 1.63. The van der Waals surface area contributed by atoms with Crippen LogP contribution in [0.5, 0.6) is 0 Å². The van der Waals surface area contributed by atoms with E-state index in [-0.39, 0.29) is 11.7 Å².